The number of aromatic nitrogens is 1. The molecule has 1 rings (SSSR count). The van der Waals surface area contributed by atoms with Crippen LogP contribution in [0.3, 0.4) is 0 Å². The van der Waals surface area contributed by atoms with Crippen LogP contribution in [0.1, 0.15) is 27.7 Å². The van der Waals surface area contributed by atoms with Gasteiger partial charge < -0.3 is 20.3 Å². The summed E-state index contributed by atoms with van der Waals surface area (Å²) in [6, 6.07) is 4.22. The summed E-state index contributed by atoms with van der Waals surface area (Å²) in [7, 11) is 4.16. The Morgan fingerprint density at radius 1 is 1.24 bits per heavy atom. The number of nitrogens with two attached hydrogens (primary N) is 1. The van der Waals surface area contributed by atoms with Crippen LogP contribution in [-0.2, 0) is 0 Å². The van der Waals surface area contributed by atoms with E-state index in [2.05, 4.69) is 56.6 Å². The lowest BCUT2D eigenvalue weighted by molar-refractivity contribution is 0.263. The van der Waals surface area contributed by atoms with Crippen molar-refractivity contribution in [2.45, 2.75) is 33.7 Å². The molecule has 5 heteroatoms. The van der Waals surface area contributed by atoms with Gasteiger partial charge in [-0.2, -0.15) is 4.98 Å². The van der Waals surface area contributed by atoms with Crippen molar-refractivity contribution >= 4 is 11.5 Å². The molecule has 120 valence electrons. The normalized spacial score (nSPS) is 12.8. The molecule has 2 N–H and O–H groups in total. The zero-order valence-electron chi connectivity index (χ0n) is 14.3. The molecule has 1 atom stereocenters. The monoisotopic (exact) mass is 294 g/mol. The number of nitrogen functional groups attached to an aromatic ring is 1. The van der Waals surface area contributed by atoms with E-state index < -0.39 is 0 Å². The second-order valence-electron chi connectivity index (χ2n) is 6.17. The van der Waals surface area contributed by atoms with E-state index in [0.717, 1.165) is 18.9 Å². The lowest BCUT2D eigenvalue weighted by Gasteiger charge is -2.31. The van der Waals surface area contributed by atoms with Crippen molar-refractivity contribution in [1.29, 1.82) is 0 Å². The number of pyridine rings is 1. The van der Waals surface area contributed by atoms with Gasteiger partial charge in [-0.15, -0.1) is 0 Å². The van der Waals surface area contributed by atoms with E-state index in [-0.39, 0.29) is 0 Å². The molecule has 1 unspecified atom stereocenters. The van der Waals surface area contributed by atoms with Crippen LogP contribution in [0.4, 0.5) is 11.5 Å². The van der Waals surface area contributed by atoms with Crippen molar-refractivity contribution < 1.29 is 4.74 Å². The van der Waals surface area contributed by atoms with Crippen LogP contribution in [0.25, 0.3) is 0 Å². The summed E-state index contributed by atoms with van der Waals surface area (Å²) in [5, 5.41) is 0. The number of rotatable bonds is 8. The van der Waals surface area contributed by atoms with Crippen LogP contribution in [0.5, 0.6) is 5.88 Å². The van der Waals surface area contributed by atoms with Gasteiger partial charge in [-0.05, 0) is 46.0 Å². The fraction of sp³-hybridized carbons (Fsp3) is 0.688. The third-order valence-corrected chi connectivity index (χ3v) is 3.22. The Balaban J connectivity index is 2.91. The Bertz CT molecular complexity index is 434. The topological polar surface area (TPSA) is 54.6 Å². The highest BCUT2D eigenvalue weighted by Gasteiger charge is 2.16. The van der Waals surface area contributed by atoms with E-state index in [4.69, 9.17) is 10.5 Å². The molecule has 0 aliphatic heterocycles. The van der Waals surface area contributed by atoms with Gasteiger partial charge in [-0.3, -0.25) is 0 Å². The molecule has 0 radical (unpaired) electrons. The zero-order chi connectivity index (χ0) is 16.0. The second kappa shape index (κ2) is 8.08. The average Bonchev–Trinajstić information content (AvgIpc) is 2.38. The maximum Gasteiger partial charge on any atom is 0.239 e. The quantitative estimate of drug-likeness (QED) is 0.798. The summed E-state index contributed by atoms with van der Waals surface area (Å²) in [6.07, 6.45) is 0. The first kappa shape index (κ1) is 17.6. The Labute approximate surface area is 129 Å². The summed E-state index contributed by atoms with van der Waals surface area (Å²) in [6.45, 7) is 11.1. The van der Waals surface area contributed by atoms with Crippen molar-refractivity contribution in [2.24, 2.45) is 5.92 Å². The Hall–Kier alpha value is -1.49. The number of nitrogens with zero attached hydrogens (tertiary/aromatic N) is 3. The summed E-state index contributed by atoms with van der Waals surface area (Å²) < 4.78 is 5.72. The molecular weight excluding hydrogens is 264 g/mol. The first-order chi connectivity index (χ1) is 9.85. The van der Waals surface area contributed by atoms with E-state index >= 15 is 0 Å². The minimum atomic E-state index is 0.374. The molecule has 0 amide bonds. The van der Waals surface area contributed by atoms with Gasteiger partial charge in [0.05, 0.1) is 12.3 Å². The Kier molecular flexibility index (Phi) is 6.75. The maximum atomic E-state index is 5.96. The van der Waals surface area contributed by atoms with Gasteiger partial charge in [0.1, 0.15) is 5.82 Å². The van der Waals surface area contributed by atoms with Crippen molar-refractivity contribution in [3.63, 3.8) is 0 Å². The SMILES string of the molecule is CCN(c1ccc(N)c(OCC(C)C)n1)C(C)CN(C)C. The van der Waals surface area contributed by atoms with Crippen molar-refractivity contribution in [3.05, 3.63) is 12.1 Å². The van der Waals surface area contributed by atoms with E-state index in [1.54, 1.807) is 0 Å². The molecule has 0 saturated heterocycles. The van der Waals surface area contributed by atoms with Gasteiger partial charge in [0, 0.05) is 19.1 Å². The summed E-state index contributed by atoms with van der Waals surface area (Å²) in [4.78, 5) is 9.05. The molecule has 0 bridgehead atoms. The second-order valence-corrected chi connectivity index (χ2v) is 6.17. The molecular formula is C16H30N4O. The van der Waals surface area contributed by atoms with Crippen molar-refractivity contribution in [1.82, 2.24) is 9.88 Å². The molecule has 0 saturated carbocycles. The van der Waals surface area contributed by atoms with E-state index in [1.807, 2.05) is 12.1 Å². The standard InChI is InChI=1S/C16H30N4O/c1-7-20(13(4)10-19(5)6)15-9-8-14(17)16(18-15)21-11-12(2)3/h8-9,12-13H,7,10-11,17H2,1-6H3. The molecule has 0 aliphatic rings. The number of hydrogen-bond acceptors (Lipinski definition) is 5. The smallest absolute Gasteiger partial charge is 0.239 e. The minimum Gasteiger partial charge on any atom is -0.476 e. The molecule has 5 nitrogen and oxygen atoms in total. The molecule has 1 aromatic heterocycles. The Morgan fingerprint density at radius 2 is 1.90 bits per heavy atom. The molecule has 1 heterocycles. The number of ether oxygens (including phenoxy) is 1. The maximum absolute atomic E-state index is 5.96. The highest BCUT2D eigenvalue weighted by Crippen LogP contribution is 2.24. The predicted octanol–water partition coefficient (Wildman–Crippen LogP) is 2.48. The fourth-order valence-electron chi connectivity index (χ4n) is 2.29. The van der Waals surface area contributed by atoms with Crippen LogP contribution in [-0.4, -0.2) is 49.7 Å². The van der Waals surface area contributed by atoms with Crippen LogP contribution >= 0.6 is 0 Å². The lowest BCUT2D eigenvalue weighted by Crippen LogP contribution is -2.40. The number of hydrogen-bond donors (Lipinski definition) is 1. The Morgan fingerprint density at radius 3 is 2.43 bits per heavy atom. The third kappa shape index (κ3) is 5.42. The molecule has 0 aliphatic carbocycles. The summed E-state index contributed by atoms with van der Waals surface area (Å²) in [5.74, 6) is 1.90. The molecule has 0 fully saturated rings. The van der Waals surface area contributed by atoms with E-state index in [0.29, 0.717) is 30.1 Å². The van der Waals surface area contributed by atoms with Gasteiger partial charge in [-0.1, -0.05) is 13.8 Å². The lowest BCUT2D eigenvalue weighted by atomic mass is 10.2. The van der Waals surface area contributed by atoms with Crippen LogP contribution in [0.15, 0.2) is 12.1 Å². The van der Waals surface area contributed by atoms with Gasteiger partial charge in [0.25, 0.3) is 0 Å². The molecule has 1 aromatic rings. The van der Waals surface area contributed by atoms with Crippen LogP contribution in [0.2, 0.25) is 0 Å². The highest BCUT2D eigenvalue weighted by atomic mass is 16.5. The summed E-state index contributed by atoms with van der Waals surface area (Å²) >= 11 is 0. The van der Waals surface area contributed by atoms with E-state index in [9.17, 15) is 0 Å². The average molecular weight is 294 g/mol. The minimum absolute atomic E-state index is 0.374. The highest BCUT2D eigenvalue weighted by molar-refractivity contribution is 5.54. The first-order valence-electron chi connectivity index (χ1n) is 7.65. The van der Waals surface area contributed by atoms with Gasteiger partial charge in [0.2, 0.25) is 5.88 Å². The molecule has 0 aromatic carbocycles. The fourth-order valence-corrected chi connectivity index (χ4v) is 2.29. The largest absolute Gasteiger partial charge is 0.476 e. The third-order valence-electron chi connectivity index (χ3n) is 3.22. The number of likely N-dealkylation sites (N-methyl/N-ethyl adjacent to an activating group) is 2. The predicted molar refractivity (Wildman–Crippen MR) is 90.0 cm³/mol. The van der Waals surface area contributed by atoms with Crippen molar-refractivity contribution in [2.75, 3.05) is 44.4 Å². The molecule has 0 spiro atoms. The van der Waals surface area contributed by atoms with Crippen molar-refractivity contribution in [3.8, 4) is 5.88 Å². The van der Waals surface area contributed by atoms with Crippen LogP contribution < -0.4 is 15.4 Å². The zero-order valence-corrected chi connectivity index (χ0v) is 14.3. The van der Waals surface area contributed by atoms with Crippen LogP contribution in [0, 0.1) is 5.92 Å². The summed E-state index contributed by atoms with van der Waals surface area (Å²) in [5.41, 5.74) is 6.55. The van der Waals surface area contributed by atoms with Gasteiger partial charge in [-0.25, -0.2) is 0 Å². The van der Waals surface area contributed by atoms with E-state index in [1.165, 1.54) is 0 Å². The number of anilines is 2. The van der Waals surface area contributed by atoms with Gasteiger partial charge in [0.15, 0.2) is 0 Å². The molecule has 21 heavy (non-hydrogen) atoms. The first-order valence-corrected chi connectivity index (χ1v) is 7.65. The van der Waals surface area contributed by atoms with Gasteiger partial charge >= 0.3 is 0 Å².